The Hall–Kier alpha value is -1.84. The van der Waals surface area contributed by atoms with Gasteiger partial charge in [-0.3, -0.25) is 18.3 Å². The van der Waals surface area contributed by atoms with Crippen molar-refractivity contribution in [2.45, 2.75) is 25.4 Å². The summed E-state index contributed by atoms with van der Waals surface area (Å²) in [6.45, 7) is 2.13. The monoisotopic (exact) mass is 406 g/mol. The summed E-state index contributed by atoms with van der Waals surface area (Å²) in [5, 5.41) is 3.34. The number of nitrogens with zero attached hydrogens (tertiary/aromatic N) is 3. The predicted molar refractivity (Wildman–Crippen MR) is 113 cm³/mol. The van der Waals surface area contributed by atoms with Gasteiger partial charge in [0, 0.05) is 6.54 Å². The molecule has 2 aromatic carbocycles. The van der Waals surface area contributed by atoms with Crippen LogP contribution in [0.2, 0.25) is 0 Å². The van der Waals surface area contributed by atoms with Gasteiger partial charge in [0.1, 0.15) is 11.5 Å². The molecule has 2 aromatic rings. The van der Waals surface area contributed by atoms with Crippen LogP contribution in [0.4, 0.5) is 21.5 Å². The molecular weight excluding hydrogens is 379 g/mol. The summed E-state index contributed by atoms with van der Waals surface area (Å²) < 4.78 is 39.8. The Bertz CT molecular complexity index is 837. The van der Waals surface area contributed by atoms with Crippen LogP contribution in [0.15, 0.2) is 48.5 Å². The number of likely N-dealkylation sites (tertiary alicyclic amines) is 1. The maximum Gasteiger partial charge on any atom is 0.148 e. The van der Waals surface area contributed by atoms with E-state index in [2.05, 4.69) is 10.2 Å². The summed E-state index contributed by atoms with van der Waals surface area (Å²) in [4.78, 5) is 2.34. The van der Waals surface area contributed by atoms with Crippen LogP contribution in [-0.4, -0.2) is 46.9 Å². The van der Waals surface area contributed by atoms with E-state index in [0.29, 0.717) is 30.6 Å². The average molecular weight is 407 g/mol. The highest BCUT2D eigenvalue weighted by molar-refractivity contribution is 8.27. The van der Waals surface area contributed by atoms with Gasteiger partial charge in [0.05, 0.1) is 24.1 Å². The fourth-order valence-corrected chi connectivity index (χ4v) is 5.91. The molecule has 2 heterocycles. The fourth-order valence-electron chi connectivity index (χ4n) is 4.14. The maximum absolute atomic E-state index is 14.5. The Balaban J connectivity index is 1.64. The van der Waals surface area contributed by atoms with Gasteiger partial charge in [-0.2, -0.15) is 0 Å². The molecule has 3 N–H and O–H groups in total. The van der Waals surface area contributed by atoms with Crippen LogP contribution >= 0.6 is 11.0 Å². The van der Waals surface area contributed by atoms with Crippen LogP contribution in [0, 0.1) is 5.82 Å². The van der Waals surface area contributed by atoms with Crippen LogP contribution in [0.1, 0.15) is 19.3 Å². The Morgan fingerprint density at radius 1 is 1.00 bits per heavy atom. The zero-order chi connectivity index (χ0) is 19.7. The van der Waals surface area contributed by atoms with Crippen LogP contribution in [0.25, 0.3) is 0 Å². The first kappa shape index (κ1) is 19.5. The summed E-state index contributed by atoms with van der Waals surface area (Å²) >= 11 is 0. The molecule has 0 saturated carbocycles. The Morgan fingerprint density at radius 3 is 2.39 bits per heavy atom. The molecule has 8 heteroatoms. The third-order valence-corrected chi connectivity index (χ3v) is 7.37. The topological polar surface area (TPSA) is 62.2 Å². The molecule has 0 spiro atoms. The zero-order valence-electron chi connectivity index (χ0n) is 16.0. The van der Waals surface area contributed by atoms with Crippen molar-refractivity contribution >= 4 is 28.0 Å². The molecule has 0 radical (unpaired) electrons. The second-order valence-corrected chi connectivity index (χ2v) is 8.95. The predicted octanol–water partition coefficient (Wildman–Crippen LogP) is 4.40. The van der Waals surface area contributed by atoms with Gasteiger partial charge in [0.25, 0.3) is 0 Å². The van der Waals surface area contributed by atoms with Gasteiger partial charge in [-0.25, -0.2) is 8.70 Å². The molecule has 0 aromatic heterocycles. The van der Waals surface area contributed by atoms with E-state index in [9.17, 15) is 13.5 Å². The molecule has 2 aliphatic rings. The van der Waals surface area contributed by atoms with Crippen molar-refractivity contribution in [3.05, 3.63) is 54.3 Å². The van der Waals surface area contributed by atoms with Crippen LogP contribution in [-0.2, 0) is 0 Å². The molecule has 152 valence electrons. The summed E-state index contributed by atoms with van der Waals surface area (Å²) in [6.07, 6.45) is 3.73. The second-order valence-electron chi connectivity index (χ2n) is 7.16. The number of nitrogens with one attached hydrogen (secondary N) is 1. The van der Waals surface area contributed by atoms with E-state index < -0.39 is 16.8 Å². The minimum Gasteiger partial charge on any atom is -0.305 e. The fraction of sp³-hybridized carbons (Fsp3) is 0.400. The van der Waals surface area contributed by atoms with Gasteiger partial charge in [0.2, 0.25) is 0 Å². The molecule has 1 saturated heterocycles. The van der Waals surface area contributed by atoms with E-state index >= 15 is 0 Å². The van der Waals surface area contributed by atoms with E-state index in [1.165, 1.54) is 16.8 Å². The summed E-state index contributed by atoms with van der Waals surface area (Å²) in [7, 11) is -1.45. The first-order chi connectivity index (χ1) is 13.5. The first-order valence-electron chi connectivity index (χ1n) is 9.65. The lowest BCUT2D eigenvalue weighted by molar-refractivity contribution is 0.132. The van der Waals surface area contributed by atoms with Crippen LogP contribution < -0.4 is 13.9 Å². The highest BCUT2D eigenvalue weighted by Gasteiger charge is 2.42. The van der Waals surface area contributed by atoms with Gasteiger partial charge in [-0.05, 0) is 68.1 Å². The maximum atomic E-state index is 14.5. The van der Waals surface area contributed by atoms with E-state index in [1.54, 1.807) is 28.6 Å². The largest absolute Gasteiger partial charge is 0.305 e. The minimum absolute atomic E-state index is 0.170. The standard InChI is InChI=1S/C20H27FN4O2S/c1-22-20-12-6-7-13-23(20)14-15-24-18-10-4-5-11-19(18)25(28(24,26)27)17-9-3-2-8-16(17)21/h2-5,8-11,20,22,26-27H,6-7,12-15H2,1H3. The second kappa shape index (κ2) is 7.88. The molecule has 1 fully saturated rings. The van der Waals surface area contributed by atoms with Crippen molar-refractivity contribution in [2.24, 2.45) is 0 Å². The molecule has 2 aliphatic heterocycles. The third-order valence-electron chi connectivity index (χ3n) is 5.52. The van der Waals surface area contributed by atoms with Crippen LogP contribution in [0.3, 0.4) is 0 Å². The quantitative estimate of drug-likeness (QED) is 0.684. The lowest BCUT2D eigenvalue weighted by Gasteiger charge is -2.45. The Morgan fingerprint density at radius 2 is 1.68 bits per heavy atom. The number of halogens is 1. The normalized spacial score (nSPS) is 22.9. The number of fused-ring (bicyclic) bond motifs is 1. The van der Waals surface area contributed by atoms with Crippen molar-refractivity contribution in [1.82, 2.24) is 10.2 Å². The molecule has 0 aliphatic carbocycles. The summed E-state index contributed by atoms with van der Waals surface area (Å²) in [5.74, 6) is -0.481. The number of piperidine rings is 1. The van der Waals surface area contributed by atoms with Crippen molar-refractivity contribution in [3.8, 4) is 0 Å². The van der Waals surface area contributed by atoms with Crippen molar-refractivity contribution in [1.29, 1.82) is 0 Å². The number of rotatable bonds is 5. The number of anilines is 3. The van der Waals surface area contributed by atoms with Gasteiger partial charge in [-0.15, -0.1) is 0 Å². The average Bonchev–Trinajstić information content (AvgIpc) is 2.93. The molecule has 1 atom stereocenters. The molecule has 4 rings (SSSR count). The molecule has 28 heavy (non-hydrogen) atoms. The molecule has 0 amide bonds. The van der Waals surface area contributed by atoms with Crippen molar-refractivity contribution in [2.75, 3.05) is 35.3 Å². The Labute approximate surface area is 167 Å². The smallest absolute Gasteiger partial charge is 0.148 e. The van der Waals surface area contributed by atoms with E-state index in [0.717, 1.165) is 19.4 Å². The molecule has 6 nitrogen and oxygen atoms in total. The Kier molecular flexibility index (Phi) is 5.48. The van der Waals surface area contributed by atoms with E-state index in [4.69, 9.17) is 0 Å². The number of hydrogen-bond donors (Lipinski definition) is 3. The third kappa shape index (κ3) is 3.35. The van der Waals surface area contributed by atoms with Gasteiger partial charge in [0.15, 0.2) is 0 Å². The van der Waals surface area contributed by atoms with Gasteiger partial charge >= 0.3 is 0 Å². The highest BCUT2D eigenvalue weighted by atomic mass is 32.3. The zero-order valence-corrected chi connectivity index (χ0v) is 16.8. The molecule has 0 bridgehead atoms. The van der Waals surface area contributed by atoms with E-state index in [1.807, 2.05) is 25.2 Å². The lowest BCUT2D eigenvalue weighted by Crippen LogP contribution is -2.50. The van der Waals surface area contributed by atoms with Crippen LogP contribution in [0.5, 0.6) is 0 Å². The first-order valence-corrected chi connectivity index (χ1v) is 11.1. The SMILES string of the molecule is CNC1CCCCN1CCN1c2ccccc2N(c2ccccc2F)S1(O)O. The number of hydrogen-bond acceptors (Lipinski definition) is 6. The van der Waals surface area contributed by atoms with Crippen molar-refractivity contribution in [3.63, 3.8) is 0 Å². The van der Waals surface area contributed by atoms with Gasteiger partial charge in [-0.1, -0.05) is 24.3 Å². The minimum atomic E-state index is -3.41. The highest BCUT2D eigenvalue weighted by Crippen LogP contribution is 2.64. The van der Waals surface area contributed by atoms with Crippen molar-refractivity contribution < 1.29 is 13.5 Å². The molecule has 1 unspecified atom stereocenters. The number of benzene rings is 2. The molecular formula is C20H27FN4O2S. The summed E-state index contributed by atoms with van der Waals surface area (Å²) in [5.41, 5.74) is 1.49. The van der Waals surface area contributed by atoms with Gasteiger partial charge < -0.3 is 5.32 Å². The summed E-state index contributed by atoms with van der Waals surface area (Å²) in [6, 6.07) is 13.6. The lowest BCUT2D eigenvalue weighted by atomic mass is 10.1. The number of para-hydroxylation sites is 3. The van der Waals surface area contributed by atoms with E-state index in [-0.39, 0.29) is 5.69 Å².